The lowest BCUT2D eigenvalue weighted by Gasteiger charge is -2.26. The second-order valence-electron chi connectivity index (χ2n) is 7.97. The van der Waals surface area contributed by atoms with Crippen molar-refractivity contribution in [3.63, 3.8) is 0 Å². The van der Waals surface area contributed by atoms with Crippen LogP contribution in [-0.4, -0.2) is 48.3 Å². The minimum atomic E-state index is -0.101. The molecule has 5 rings (SSSR count). The maximum atomic E-state index is 12.5. The Labute approximate surface area is 177 Å². The fraction of sp³-hybridized carbons (Fsp3) is 0.429. The highest BCUT2D eigenvalue weighted by molar-refractivity contribution is 5.77. The molecular formula is C21H25N6O4+. The Kier molecular flexibility index (Phi) is 5.29. The van der Waals surface area contributed by atoms with Crippen LogP contribution in [0, 0.1) is 5.92 Å². The van der Waals surface area contributed by atoms with E-state index in [1.165, 1.54) is 0 Å². The summed E-state index contributed by atoms with van der Waals surface area (Å²) in [6.45, 7) is 1.20. The fourth-order valence-electron chi connectivity index (χ4n) is 4.31. The first-order valence-corrected chi connectivity index (χ1v) is 10.5. The van der Waals surface area contributed by atoms with Crippen molar-refractivity contribution in [3.8, 4) is 17.2 Å². The average Bonchev–Trinajstić information content (AvgIpc) is 3.54. The Morgan fingerprint density at radius 1 is 1.23 bits per heavy atom. The van der Waals surface area contributed by atoms with Gasteiger partial charge in [-0.1, -0.05) is 0 Å². The largest absolute Gasteiger partial charge is 0.486 e. The molecule has 162 valence electrons. The molecule has 3 aromatic heterocycles. The number of hydrogen-bond donors (Lipinski definition) is 2. The number of imidazole rings is 1. The van der Waals surface area contributed by atoms with Gasteiger partial charge >= 0.3 is 5.69 Å². The predicted octanol–water partition coefficient (Wildman–Crippen LogP) is 2.18. The summed E-state index contributed by atoms with van der Waals surface area (Å²) in [5.41, 5.74) is 2.33. The summed E-state index contributed by atoms with van der Waals surface area (Å²) in [5.74, 6) is 2.49. The van der Waals surface area contributed by atoms with Crippen molar-refractivity contribution >= 4 is 11.0 Å². The number of ether oxygens (including phenoxy) is 1. The van der Waals surface area contributed by atoms with E-state index in [0.29, 0.717) is 36.6 Å². The van der Waals surface area contributed by atoms with Crippen molar-refractivity contribution in [2.24, 2.45) is 5.92 Å². The first kappa shape index (κ1) is 19.6. The molecule has 4 aromatic rings. The summed E-state index contributed by atoms with van der Waals surface area (Å²) in [7, 11) is 0. The van der Waals surface area contributed by atoms with Crippen LogP contribution in [0.25, 0.3) is 22.5 Å². The van der Waals surface area contributed by atoms with Crippen molar-refractivity contribution in [1.29, 1.82) is 0 Å². The highest BCUT2D eigenvalue weighted by Crippen LogP contribution is 2.36. The molecule has 0 atom stereocenters. The zero-order chi connectivity index (χ0) is 21.2. The molecule has 10 heteroatoms. The van der Waals surface area contributed by atoms with Gasteiger partial charge < -0.3 is 19.2 Å². The number of aromatic amines is 2. The Morgan fingerprint density at radius 2 is 2.10 bits per heavy atom. The molecule has 1 aliphatic carbocycles. The van der Waals surface area contributed by atoms with E-state index in [1.54, 1.807) is 17.0 Å². The summed E-state index contributed by atoms with van der Waals surface area (Å²) >= 11 is 0. The van der Waals surface area contributed by atoms with Crippen molar-refractivity contribution < 1.29 is 14.3 Å². The Balaban J connectivity index is 1.26. The van der Waals surface area contributed by atoms with Crippen molar-refractivity contribution in [3.05, 3.63) is 47.0 Å². The molecule has 0 amide bonds. The quantitative estimate of drug-likeness (QED) is 0.435. The lowest BCUT2D eigenvalue weighted by Crippen LogP contribution is -2.24. The molecule has 10 nitrogen and oxygen atoms in total. The van der Waals surface area contributed by atoms with Crippen LogP contribution in [0.2, 0.25) is 0 Å². The summed E-state index contributed by atoms with van der Waals surface area (Å²) in [4.78, 5) is 15.5. The van der Waals surface area contributed by atoms with Crippen molar-refractivity contribution in [1.82, 2.24) is 29.9 Å². The smallest absolute Gasteiger partial charge is 0.326 e. The third kappa shape index (κ3) is 3.98. The zero-order valence-corrected chi connectivity index (χ0v) is 17.0. The van der Waals surface area contributed by atoms with Gasteiger partial charge in [0.05, 0.1) is 22.8 Å². The molecule has 0 spiro atoms. The third-order valence-electron chi connectivity index (χ3n) is 5.94. The molecule has 31 heavy (non-hydrogen) atoms. The molecule has 0 saturated heterocycles. The minimum absolute atomic E-state index is 0.101. The van der Waals surface area contributed by atoms with Gasteiger partial charge in [0.1, 0.15) is 5.75 Å². The van der Waals surface area contributed by atoms with Gasteiger partial charge in [0.15, 0.2) is 13.2 Å². The van der Waals surface area contributed by atoms with E-state index in [2.05, 4.69) is 25.4 Å². The van der Waals surface area contributed by atoms with E-state index in [0.717, 1.165) is 42.3 Å². The van der Waals surface area contributed by atoms with E-state index < -0.39 is 0 Å². The van der Waals surface area contributed by atoms with Gasteiger partial charge in [0, 0.05) is 24.7 Å². The number of nitrogens with one attached hydrogen (secondary N) is 2. The molecule has 0 aliphatic heterocycles. The summed E-state index contributed by atoms with van der Waals surface area (Å²) < 4.78 is 13.2. The molecule has 0 radical (unpaired) electrons. The molecule has 3 heterocycles. The number of rotatable bonds is 7. The van der Waals surface area contributed by atoms with Crippen LogP contribution in [0.15, 0.2) is 39.8 Å². The summed E-state index contributed by atoms with van der Waals surface area (Å²) in [6.07, 6.45) is 7.27. The molecule has 4 N–H and O–H groups in total. The highest BCUT2D eigenvalue weighted by Gasteiger charge is 2.27. The molecule has 1 aromatic carbocycles. The van der Waals surface area contributed by atoms with E-state index in [-0.39, 0.29) is 18.2 Å². The lowest BCUT2D eigenvalue weighted by molar-refractivity contribution is 0.201. The molecular weight excluding hydrogens is 400 g/mol. The minimum Gasteiger partial charge on any atom is -0.486 e. The molecule has 0 unspecified atom stereocenters. The highest BCUT2D eigenvalue weighted by atomic mass is 16.5. The maximum absolute atomic E-state index is 12.5. The lowest BCUT2D eigenvalue weighted by atomic mass is 9.82. The third-order valence-corrected chi connectivity index (χ3v) is 5.94. The van der Waals surface area contributed by atoms with Gasteiger partial charge in [-0.05, 0) is 43.7 Å². The van der Waals surface area contributed by atoms with E-state index >= 15 is 0 Å². The van der Waals surface area contributed by atoms with E-state index in [4.69, 9.17) is 14.3 Å². The number of nitrogens with zero attached hydrogens (tertiary/aromatic N) is 4. The second kappa shape index (κ2) is 8.38. The van der Waals surface area contributed by atoms with Crippen LogP contribution >= 0.6 is 0 Å². The van der Waals surface area contributed by atoms with Gasteiger partial charge in [-0.15, -0.1) is 10.2 Å². The Bertz CT molecular complexity index is 1200. The van der Waals surface area contributed by atoms with Gasteiger partial charge in [0.2, 0.25) is 5.89 Å². The van der Waals surface area contributed by atoms with Gasteiger partial charge in [-0.25, -0.2) is 4.79 Å². The maximum Gasteiger partial charge on any atom is 0.326 e. The van der Waals surface area contributed by atoms with Crippen LogP contribution in [0.4, 0.5) is 0 Å². The SMILES string of the molecule is O=c1[nH]c2ccc(OCC[OH2+])cc2n1CC1CCC(c2nnc(-c3cn[nH]c3)o2)CC1. The number of hydrogen-bond acceptors (Lipinski definition) is 6. The monoisotopic (exact) mass is 425 g/mol. The first-order valence-electron chi connectivity index (χ1n) is 10.5. The second-order valence-corrected chi connectivity index (χ2v) is 7.97. The Hall–Kier alpha value is -3.40. The van der Waals surface area contributed by atoms with Gasteiger partial charge in [0.25, 0.3) is 5.89 Å². The fourth-order valence-corrected chi connectivity index (χ4v) is 4.31. The van der Waals surface area contributed by atoms with Crippen LogP contribution in [0.5, 0.6) is 5.75 Å². The van der Waals surface area contributed by atoms with Gasteiger partial charge in [-0.3, -0.25) is 9.67 Å². The standard InChI is InChI=1S/C21H24N6O4/c28-7-8-30-16-5-6-17-18(9-16)27(21(29)24-17)12-13-1-3-14(4-2-13)19-25-26-20(31-19)15-10-22-23-11-15/h5-6,9-11,13-14,28H,1-4,7-8,12H2,(H,22,23)(H,24,29)/p+1. The number of H-pyrrole nitrogens is 2. The molecule has 1 fully saturated rings. The number of benzene rings is 1. The van der Waals surface area contributed by atoms with Crippen LogP contribution in [0.1, 0.15) is 37.5 Å². The van der Waals surface area contributed by atoms with Gasteiger partial charge in [-0.2, -0.15) is 5.10 Å². The van der Waals surface area contributed by atoms with E-state index in [9.17, 15) is 4.79 Å². The van der Waals surface area contributed by atoms with Crippen molar-refractivity contribution in [2.45, 2.75) is 38.1 Å². The normalized spacial score (nSPS) is 19.1. The predicted molar refractivity (Wildman–Crippen MR) is 113 cm³/mol. The van der Waals surface area contributed by atoms with Crippen molar-refractivity contribution in [2.75, 3.05) is 13.2 Å². The van der Waals surface area contributed by atoms with Crippen LogP contribution < -0.4 is 10.4 Å². The average molecular weight is 425 g/mol. The summed E-state index contributed by atoms with van der Waals surface area (Å²) in [6, 6.07) is 5.56. The van der Waals surface area contributed by atoms with E-state index in [1.807, 2.05) is 18.2 Å². The topological polar surface area (TPSA) is 138 Å². The summed E-state index contributed by atoms with van der Waals surface area (Å²) in [5, 5.41) is 22.3. The molecule has 1 saturated carbocycles. The number of aromatic nitrogens is 6. The number of fused-ring (bicyclic) bond motifs is 1. The molecule has 1 aliphatic rings. The Morgan fingerprint density at radius 3 is 2.87 bits per heavy atom. The van der Waals surface area contributed by atoms with Crippen LogP contribution in [0.3, 0.4) is 0 Å². The zero-order valence-electron chi connectivity index (χ0n) is 17.0. The van der Waals surface area contributed by atoms with Crippen LogP contribution in [-0.2, 0) is 6.54 Å². The molecule has 0 bridgehead atoms. The first-order chi connectivity index (χ1) is 15.2.